The fraction of sp³-hybridized carbons (Fsp3) is 0.273. The van der Waals surface area contributed by atoms with E-state index in [1.807, 2.05) is 28.8 Å². The Labute approximate surface area is 93.7 Å². The molecule has 1 aromatic carbocycles. The minimum atomic E-state index is 0.730. The fourth-order valence-electron chi connectivity index (χ4n) is 1.49. The van der Waals surface area contributed by atoms with Crippen LogP contribution in [0.15, 0.2) is 30.6 Å². The van der Waals surface area contributed by atoms with E-state index < -0.39 is 0 Å². The number of benzene rings is 1. The van der Waals surface area contributed by atoms with Gasteiger partial charge >= 0.3 is 0 Å². The first-order valence-corrected chi connectivity index (χ1v) is 5.29. The fourth-order valence-corrected chi connectivity index (χ4v) is 1.69. The van der Waals surface area contributed by atoms with Crippen LogP contribution in [0.25, 0.3) is 0 Å². The van der Waals surface area contributed by atoms with Gasteiger partial charge in [0, 0.05) is 18.0 Å². The van der Waals surface area contributed by atoms with E-state index >= 15 is 0 Å². The van der Waals surface area contributed by atoms with E-state index in [0.29, 0.717) is 0 Å². The smallest absolute Gasteiger partial charge is 0.137 e. The van der Waals surface area contributed by atoms with Crippen LogP contribution in [0.2, 0.25) is 5.02 Å². The van der Waals surface area contributed by atoms with Gasteiger partial charge in [-0.1, -0.05) is 29.8 Å². The largest absolute Gasteiger partial charge is 0.318 e. The summed E-state index contributed by atoms with van der Waals surface area (Å²) in [6, 6.07) is 7.81. The Morgan fingerprint density at radius 1 is 1.33 bits per heavy atom. The van der Waals surface area contributed by atoms with E-state index in [4.69, 9.17) is 11.6 Å². The van der Waals surface area contributed by atoms with Crippen molar-refractivity contribution in [3.8, 4) is 0 Å². The van der Waals surface area contributed by atoms with E-state index in [-0.39, 0.29) is 0 Å². The number of aryl methyl sites for hydroxylation is 1. The van der Waals surface area contributed by atoms with Crippen LogP contribution in [0, 0.1) is 0 Å². The molecule has 0 N–H and O–H groups in total. The van der Waals surface area contributed by atoms with Gasteiger partial charge in [0.1, 0.15) is 12.2 Å². The minimum Gasteiger partial charge on any atom is -0.318 e. The van der Waals surface area contributed by atoms with Gasteiger partial charge in [0.05, 0.1) is 0 Å². The standard InChI is InChI=1S/C11H12ClN3/c1-2-15-8-13-14-11(15)7-9-5-3-4-6-10(9)12/h3-6,8H,2,7H2,1H3. The normalized spacial score (nSPS) is 10.5. The molecule has 0 fully saturated rings. The van der Waals surface area contributed by atoms with Crippen molar-refractivity contribution in [3.63, 3.8) is 0 Å². The third-order valence-corrected chi connectivity index (χ3v) is 2.71. The van der Waals surface area contributed by atoms with Crippen molar-refractivity contribution >= 4 is 11.6 Å². The summed E-state index contributed by atoms with van der Waals surface area (Å²) in [5.74, 6) is 0.950. The third-order valence-electron chi connectivity index (χ3n) is 2.34. The molecular weight excluding hydrogens is 210 g/mol. The van der Waals surface area contributed by atoms with Crippen LogP contribution in [-0.4, -0.2) is 14.8 Å². The molecule has 0 unspecified atom stereocenters. The minimum absolute atomic E-state index is 0.730. The molecular formula is C11H12ClN3. The predicted octanol–water partition coefficient (Wildman–Crippen LogP) is 2.54. The molecule has 0 bridgehead atoms. The summed E-state index contributed by atoms with van der Waals surface area (Å²) in [4.78, 5) is 0. The lowest BCUT2D eigenvalue weighted by Gasteiger charge is -2.04. The van der Waals surface area contributed by atoms with E-state index in [1.54, 1.807) is 6.33 Å². The van der Waals surface area contributed by atoms with Crippen molar-refractivity contribution in [2.24, 2.45) is 0 Å². The molecule has 0 spiro atoms. The van der Waals surface area contributed by atoms with Crippen molar-refractivity contribution in [3.05, 3.63) is 47.0 Å². The van der Waals surface area contributed by atoms with Crippen molar-refractivity contribution in [2.75, 3.05) is 0 Å². The number of nitrogens with zero attached hydrogens (tertiary/aromatic N) is 3. The number of aromatic nitrogens is 3. The Balaban J connectivity index is 2.26. The molecule has 4 heteroatoms. The Morgan fingerprint density at radius 3 is 2.87 bits per heavy atom. The summed E-state index contributed by atoms with van der Waals surface area (Å²) >= 11 is 6.08. The van der Waals surface area contributed by atoms with Crippen molar-refractivity contribution < 1.29 is 0 Å². The highest BCUT2D eigenvalue weighted by atomic mass is 35.5. The highest BCUT2D eigenvalue weighted by molar-refractivity contribution is 6.31. The molecule has 1 aromatic heterocycles. The van der Waals surface area contributed by atoms with E-state index in [2.05, 4.69) is 17.1 Å². The van der Waals surface area contributed by atoms with Gasteiger partial charge in [-0.15, -0.1) is 10.2 Å². The summed E-state index contributed by atoms with van der Waals surface area (Å²) < 4.78 is 2.02. The molecule has 0 saturated carbocycles. The molecule has 78 valence electrons. The molecule has 1 heterocycles. The molecule has 15 heavy (non-hydrogen) atoms. The van der Waals surface area contributed by atoms with Gasteiger partial charge in [0.15, 0.2) is 0 Å². The molecule has 0 aliphatic carbocycles. The second kappa shape index (κ2) is 4.45. The average Bonchev–Trinajstić information content (AvgIpc) is 2.69. The number of rotatable bonds is 3. The first kappa shape index (κ1) is 10.2. The van der Waals surface area contributed by atoms with Crippen LogP contribution >= 0.6 is 11.6 Å². The van der Waals surface area contributed by atoms with Gasteiger partial charge in [-0.3, -0.25) is 0 Å². The second-order valence-electron chi connectivity index (χ2n) is 3.30. The lowest BCUT2D eigenvalue weighted by molar-refractivity contribution is 0.712. The monoisotopic (exact) mass is 221 g/mol. The number of hydrogen-bond donors (Lipinski definition) is 0. The molecule has 2 aromatic rings. The maximum absolute atomic E-state index is 6.08. The molecule has 0 radical (unpaired) electrons. The van der Waals surface area contributed by atoms with Gasteiger partial charge in [-0.25, -0.2) is 0 Å². The summed E-state index contributed by atoms with van der Waals surface area (Å²) in [6.45, 7) is 2.95. The van der Waals surface area contributed by atoms with Crippen LogP contribution in [0.4, 0.5) is 0 Å². The second-order valence-corrected chi connectivity index (χ2v) is 3.71. The molecule has 0 amide bonds. The SMILES string of the molecule is CCn1cnnc1Cc1ccccc1Cl. The molecule has 2 rings (SSSR count). The third kappa shape index (κ3) is 2.18. The topological polar surface area (TPSA) is 30.7 Å². The Morgan fingerprint density at radius 2 is 2.13 bits per heavy atom. The Kier molecular flexibility index (Phi) is 3.02. The molecule has 3 nitrogen and oxygen atoms in total. The molecule has 0 saturated heterocycles. The van der Waals surface area contributed by atoms with Crippen molar-refractivity contribution in [2.45, 2.75) is 19.9 Å². The van der Waals surface area contributed by atoms with Crippen LogP contribution < -0.4 is 0 Å². The maximum atomic E-state index is 6.08. The first-order valence-electron chi connectivity index (χ1n) is 4.91. The molecule has 0 aliphatic rings. The van der Waals surface area contributed by atoms with Crippen molar-refractivity contribution in [1.82, 2.24) is 14.8 Å². The zero-order valence-electron chi connectivity index (χ0n) is 8.52. The van der Waals surface area contributed by atoms with E-state index in [1.165, 1.54) is 0 Å². The highest BCUT2D eigenvalue weighted by Gasteiger charge is 2.06. The number of hydrogen-bond acceptors (Lipinski definition) is 2. The van der Waals surface area contributed by atoms with Gasteiger partial charge in [0.2, 0.25) is 0 Å². The van der Waals surface area contributed by atoms with E-state index in [0.717, 1.165) is 29.4 Å². The zero-order valence-corrected chi connectivity index (χ0v) is 9.28. The average molecular weight is 222 g/mol. The van der Waals surface area contributed by atoms with Crippen LogP contribution in [0.5, 0.6) is 0 Å². The quantitative estimate of drug-likeness (QED) is 0.798. The van der Waals surface area contributed by atoms with Gasteiger partial charge < -0.3 is 4.57 Å². The van der Waals surface area contributed by atoms with Gasteiger partial charge in [-0.05, 0) is 18.6 Å². The summed E-state index contributed by atoms with van der Waals surface area (Å²) in [6.07, 6.45) is 2.47. The predicted molar refractivity (Wildman–Crippen MR) is 60.0 cm³/mol. The summed E-state index contributed by atoms with van der Waals surface area (Å²) in [7, 11) is 0. The lowest BCUT2D eigenvalue weighted by Crippen LogP contribution is -2.02. The Hall–Kier alpha value is -1.35. The maximum Gasteiger partial charge on any atom is 0.137 e. The zero-order chi connectivity index (χ0) is 10.7. The van der Waals surface area contributed by atoms with Crippen LogP contribution in [0.3, 0.4) is 0 Å². The van der Waals surface area contributed by atoms with Crippen LogP contribution in [-0.2, 0) is 13.0 Å². The molecule has 0 atom stereocenters. The van der Waals surface area contributed by atoms with Crippen LogP contribution in [0.1, 0.15) is 18.3 Å². The van der Waals surface area contributed by atoms with Gasteiger partial charge in [-0.2, -0.15) is 0 Å². The first-order chi connectivity index (χ1) is 7.31. The summed E-state index contributed by atoms with van der Waals surface area (Å²) in [5, 5.41) is 8.75. The van der Waals surface area contributed by atoms with E-state index in [9.17, 15) is 0 Å². The Bertz CT molecular complexity index is 451. The summed E-state index contributed by atoms with van der Waals surface area (Å²) in [5.41, 5.74) is 1.09. The molecule has 0 aliphatic heterocycles. The van der Waals surface area contributed by atoms with Gasteiger partial charge in [0.25, 0.3) is 0 Å². The lowest BCUT2D eigenvalue weighted by atomic mass is 10.1. The number of halogens is 1. The highest BCUT2D eigenvalue weighted by Crippen LogP contribution is 2.17. The van der Waals surface area contributed by atoms with Crippen molar-refractivity contribution in [1.29, 1.82) is 0 Å².